The van der Waals surface area contributed by atoms with Crippen LogP contribution in [0.15, 0.2) is 48.5 Å². The molecule has 248 valence electrons. The van der Waals surface area contributed by atoms with Gasteiger partial charge in [0.15, 0.2) is 11.5 Å². The lowest BCUT2D eigenvalue weighted by Crippen LogP contribution is -2.64. The number of amides is 5. The lowest BCUT2D eigenvalue weighted by molar-refractivity contribution is -0.142. The van der Waals surface area contributed by atoms with E-state index in [4.69, 9.17) is 9.47 Å². The molecule has 2 heterocycles. The van der Waals surface area contributed by atoms with Crippen molar-refractivity contribution in [2.24, 2.45) is 5.92 Å². The van der Waals surface area contributed by atoms with Crippen LogP contribution in [0.2, 0.25) is 0 Å². The standard InChI is InChI=1S/C35H47N5O6/c1-45-30-13-12-25(22-31(30)46-2)14-18-36-33(42)24-40-29-11-7-6-10-28(29)34(43)39(35(40)44)21-17-32(41)37-27-15-19-38(20-16-27)23-26-8-4-3-5-9-26/h3-5,8-9,12-13,22,27-29H,6-7,10-11,14-21,23-24H2,1-2H3,(H,36,42)(H,37,41). The fourth-order valence-corrected chi connectivity index (χ4v) is 6.94. The van der Waals surface area contributed by atoms with Gasteiger partial charge in [0.2, 0.25) is 17.7 Å². The second-order valence-corrected chi connectivity index (χ2v) is 12.5. The largest absolute Gasteiger partial charge is 0.493 e. The molecule has 0 aromatic heterocycles. The Bertz CT molecular complexity index is 1360. The zero-order valence-electron chi connectivity index (χ0n) is 27.0. The Balaban J connectivity index is 1.10. The highest BCUT2D eigenvalue weighted by Crippen LogP contribution is 2.34. The van der Waals surface area contributed by atoms with E-state index in [1.807, 2.05) is 36.4 Å². The smallest absolute Gasteiger partial charge is 0.327 e. The summed E-state index contributed by atoms with van der Waals surface area (Å²) in [7, 11) is 3.16. The third-order valence-electron chi connectivity index (χ3n) is 9.45. The van der Waals surface area contributed by atoms with Crippen LogP contribution in [-0.4, -0.2) is 97.5 Å². The number of nitrogens with zero attached hydrogens (tertiary/aromatic N) is 3. The molecule has 3 fully saturated rings. The minimum absolute atomic E-state index is 0.0109. The molecule has 5 rings (SSSR count). The van der Waals surface area contributed by atoms with Gasteiger partial charge in [-0.05, 0) is 55.4 Å². The lowest BCUT2D eigenvalue weighted by atomic mass is 9.81. The number of piperidine rings is 1. The van der Waals surface area contributed by atoms with Crippen LogP contribution in [0.25, 0.3) is 0 Å². The Hall–Kier alpha value is -4.12. The van der Waals surface area contributed by atoms with Crippen molar-refractivity contribution in [3.63, 3.8) is 0 Å². The zero-order valence-corrected chi connectivity index (χ0v) is 27.0. The Kier molecular flexibility index (Phi) is 11.5. The van der Waals surface area contributed by atoms with E-state index in [1.165, 1.54) is 10.5 Å². The van der Waals surface area contributed by atoms with Crippen molar-refractivity contribution in [3.8, 4) is 11.5 Å². The van der Waals surface area contributed by atoms with Crippen LogP contribution in [0.1, 0.15) is 56.1 Å². The van der Waals surface area contributed by atoms with Crippen LogP contribution in [0.5, 0.6) is 11.5 Å². The number of ether oxygens (including phenoxy) is 2. The SMILES string of the molecule is COc1ccc(CCNC(=O)CN2C(=O)N(CCC(=O)NC3CCN(Cc4ccccc4)CC3)C(=O)C3CCCCC32)cc1OC. The summed E-state index contributed by atoms with van der Waals surface area (Å²) in [5.41, 5.74) is 2.26. The molecule has 0 spiro atoms. The average molecular weight is 634 g/mol. The number of rotatable bonds is 13. The van der Waals surface area contributed by atoms with Gasteiger partial charge in [0.05, 0.1) is 20.1 Å². The highest BCUT2D eigenvalue weighted by Gasteiger charge is 2.47. The van der Waals surface area contributed by atoms with Crippen molar-refractivity contribution in [2.45, 2.75) is 70.0 Å². The highest BCUT2D eigenvalue weighted by molar-refractivity contribution is 6.00. The van der Waals surface area contributed by atoms with Crippen molar-refractivity contribution in [1.29, 1.82) is 0 Å². The molecule has 11 heteroatoms. The zero-order chi connectivity index (χ0) is 32.5. The van der Waals surface area contributed by atoms with Gasteiger partial charge in [0, 0.05) is 51.2 Å². The second-order valence-electron chi connectivity index (χ2n) is 12.5. The molecule has 11 nitrogen and oxygen atoms in total. The van der Waals surface area contributed by atoms with Crippen molar-refractivity contribution >= 4 is 23.8 Å². The third kappa shape index (κ3) is 8.37. The van der Waals surface area contributed by atoms with Crippen LogP contribution in [-0.2, 0) is 27.3 Å². The van der Waals surface area contributed by atoms with Gasteiger partial charge in [-0.15, -0.1) is 0 Å². The van der Waals surface area contributed by atoms with E-state index in [0.29, 0.717) is 37.3 Å². The monoisotopic (exact) mass is 633 g/mol. The maximum Gasteiger partial charge on any atom is 0.327 e. The number of imide groups is 1. The highest BCUT2D eigenvalue weighted by atomic mass is 16.5. The van der Waals surface area contributed by atoms with Crippen LogP contribution in [0.4, 0.5) is 4.79 Å². The summed E-state index contributed by atoms with van der Waals surface area (Å²) in [6, 6.07) is 15.3. The van der Waals surface area contributed by atoms with E-state index in [9.17, 15) is 19.2 Å². The minimum Gasteiger partial charge on any atom is -0.493 e. The van der Waals surface area contributed by atoms with Crippen LogP contribution in [0, 0.1) is 5.92 Å². The van der Waals surface area contributed by atoms with Gasteiger partial charge in [-0.2, -0.15) is 0 Å². The molecule has 0 radical (unpaired) electrons. The summed E-state index contributed by atoms with van der Waals surface area (Å²) in [6.07, 6.45) is 5.53. The molecule has 1 saturated carbocycles. The third-order valence-corrected chi connectivity index (χ3v) is 9.45. The average Bonchev–Trinajstić information content (AvgIpc) is 3.08. The first kappa shape index (κ1) is 33.2. The van der Waals surface area contributed by atoms with Gasteiger partial charge < -0.3 is 25.0 Å². The van der Waals surface area contributed by atoms with E-state index in [0.717, 1.165) is 50.9 Å². The minimum atomic E-state index is -0.481. The molecule has 2 atom stereocenters. The molecule has 2 unspecified atom stereocenters. The molecule has 5 amide bonds. The lowest BCUT2D eigenvalue weighted by Gasteiger charge is -2.46. The van der Waals surface area contributed by atoms with Gasteiger partial charge in [-0.1, -0.05) is 49.2 Å². The van der Waals surface area contributed by atoms with Crippen molar-refractivity contribution in [1.82, 2.24) is 25.3 Å². The van der Waals surface area contributed by atoms with Crippen molar-refractivity contribution in [3.05, 3.63) is 59.7 Å². The molecule has 1 aliphatic carbocycles. The maximum atomic E-state index is 13.6. The second kappa shape index (κ2) is 15.9. The quantitative estimate of drug-likeness (QED) is 0.347. The molecule has 3 aliphatic rings. The van der Waals surface area contributed by atoms with E-state index >= 15 is 0 Å². The normalized spacial score (nSPS) is 20.7. The summed E-state index contributed by atoms with van der Waals surface area (Å²) in [6.45, 7) is 2.98. The topological polar surface area (TPSA) is 121 Å². The molecular weight excluding hydrogens is 586 g/mol. The fourth-order valence-electron chi connectivity index (χ4n) is 6.94. The molecule has 0 bridgehead atoms. The first-order valence-corrected chi connectivity index (χ1v) is 16.5. The summed E-state index contributed by atoms with van der Waals surface area (Å²) < 4.78 is 10.7. The predicted molar refractivity (Wildman–Crippen MR) is 173 cm³/mol. The van der Waals surface area contributed by atoms with E-state index < -0.39 is 6.03 Å². The Morgan fingerprint density at radius 2 is 1.61 bits per heavy atom. The van der Waals surface area contributed by atoms with Gasteiger partial charge in [0.1, 0.15) is 6.54 Å². The summed E-state index contributed by atoms with van der Waals surface area (Å²) >= 11 is 0. The van der Waals surface area contributed by atoms with E-state index in [2.05, 4.69) is 27.7 Å². The molecule has 46 heavy (non-hydrogen) atoms. The van der Waals surface area contributed by atoms with Crippen LogP contribution in [0.3, 0.4) is 0 Å². The van der Waals surface area contributed by atoms with Crippen LogP contribution < -0.4 is 20.1 Å². The summed E-state index contributed by atoms with van der Waals surface area (Å²) in [4.78, 5) is 58.2. The summed E-state index contributed by atoms with van der Waals surface area (Å²) in [5, 5.41) is 6.04. The van der Waals surface area contributed by atoms with Gasteiger partial charge in [-0.3, -0.25) is 24.2 Å². The molecule has 2 saturated heterocycles. The molecule has 2 aromatic rings. The Labute approximate surface area is 271 Å². The van der Waals surface area contributed by atoms with Gasteiger partial charge >= 0.3 is 6.03 Å². The number of urea groups is 1. The molecular formula is C35H47N5O6. The van der Waals surface area contributed by atoms with Crippen molar-refractivity contribution < 1.29 is 28.7 Å². The fraction of sp³-hybridized carbons (Fsp3) is 0.543. The summed E-state index contributed by atoms with van der Waals surface area (Å²) in [5.74, 6) is 0.259. The number of carbonyl (C=O) groups excluding carboxylic acids is 4. The Morgan fingerprint density at radius 3 is 2.35 bits per heavy atom. The first-order valence-electron chi connectivity index (χ1n) is 16.5. The van der Waals surface area contributed by atoms with E-state index in [-0.39, 0.29) is 55.2 Å². The van der Waals surface area contributed by atoms with Gasteiger partial charge in [-0.25, -0.2) is 4.79 Å². The maximum absolute atomic E-state index is 13.6. The first-order chi connectivity index (χ1) is 22.4. The number of benzene rings is 2. The molecule has 2 aromatic carbocycles. The number of hydrogen-bond donors (Lipinski definition) is 2. The van der Waals surface area contributed by atoms with Crippen LogP contribution >= 0.6 is 0 Å². The number of likely N-dealkylation sites (tertiary alicyclic amines) is 1. The number of methoxy groups -OCH3 is 2. The van der Waals surface area contributed by atoms with E-state index in [1.54, 1.807) is 19.1 Å². The molecule has 2 aliphatic heterocycles. The predicted octanol–water partition coefficient (Wildman–Crippen LogP) is 3.36. The number of carbonyl (C=O) groups is 4. The van der Waals surface area contributed by atoms with Gasteiger partial charge in [0.25, 0.3) is 0 Å². The van der Waals surface area contributed by atoms with Crippen molar-refractivity contribution in [2.75, 3.05) is 46.9 Å². The number of fused-ring (bicyclic) bond motifs is 1. The molecule has 2 N–H and O–H groups in total. The number of hydrogen-bond acceptors (Lipinski definition) is 7. The number of nitrogens with one attached hydrogen (secondary N) is 2. The Morgan fingerprint density at radius 1 is 0.870 bits per heavy atom.